The van der Waals surface area contributed by atoms with Gasteiger partial charge in [-0.3, -0.25) is 29.1 Å². The fourth-order valence-electron chi connectivity index (χ4n) is 6.48. The molecule has 4 atom stereocenters. The highest BCUT2D eigenvalue weighted by atomic mass is 16.6. The maximum absolute atomic E-state index is 13.5. The van der Waals surface area contributed by atoms with Gasteiger partial charge in [0, 0.05) is 19.6 Å². The van der Waals surface area contributed by atoms with E-state index in [1.54, 1.807) is 24.3 Å². The molecule has 0 spiro atoms. The number of carbonyl (C=O) groups excluding carboxylic acids is 5. The van der Waals surface area contributed by atoms with Crippen LogP contribution in [0.3, 0.4) is 0 Å². The Kier molecular flexibility index (Phi) is 16.1. The number of guanidine groups is 1. The van der Waals surface area contributed by atoms with E-state index in [0.717, 1.165) is 11.3 Å². The van der Waals surface area contributed by atoms with E-state index in [1.807, 2.05) is 44.2 Å². The van der Waals surface area contributed by atoms with Crippen LogP contribution in [0.25, 0.3) is 0 Å². The minimum atomic E-state index is -1.23. The zero-order chi connectivity index (χ0) is 40.6. The van der Waals surface area contributed by atoms with Crippen molar-refractivity contribution in [1.29, 1.82) is 0 Å². The number of benzene rings is 2. The van der Waals surface area contributed by atoms with Crippen LogP contribution in [-0.2, 0) is 35.3 Å². The van der Waals surface area contributed by atoms with Crippen LogP contribution in [0.4, 0.5) is 16.2 Å². The molecule has 2 aromatic rings. The topological polar surface area (TPSA) is 264 Å². The smallest absolute Gasteiger partial charge is 0.410 e. The van der Waals surface area contributed by atoms with Crippen molar-refractivity contribution in [1.82, 2.24) is 25.8 Å². The maximum atomic E-state index is 13.5. The van der Waals surface area contributed by atoms with Gasteiger partial charge in [-0.05, 0) is 80.7 Å². The van der Waals surface area contributed by atoms with Gasteiger partial charge in [-0.1, -0.05) is 44.2 Å². The van der Waals surface area contributed by atoms with Crippen LogP contribution in [0.1, 0.15) is 64.4 Å². The number of azo groups is 1. The van der Waals surface area contributed by atoms with E-state index >= 15 is 0 Å². The van der Waals surface area contributed by atoms with Gasteiger partial charge in [0.05, 0.1) is 17.9 Å². The molecule has 8 N–H and O–H groups in total. The number of hydrogen-bond donors (Lipinski definition) is 6. The van der Waals surface area contributed by atoms with Gasteiger partial charge in [-0.2, -0.15) is 10.2 Å². The minimum absolute atomic E-state index is 0.00842. The van der Waals surface area contributed by atoms with Crippen LogP contribution in [0.15, 0.2) is 69.8 Å². The summed E-state index contributed by atoms with van der Waals surface area (Å²) in [5.74, 6) is -3.60. The Morgan fingerprint density at radius 3 is 2.04 bits per heavy atom. The summed E-state index contributed by atoms with van der Waals surface area (Å²) in [5.41, 5.74) is 12.7. The predicted molar refractivity (Wildman–Crippen MR) is 206 cm³/mol. The quantitative estimate of drug-likeness (QED) is 0.0557. The molecular weight excluding hydrogens is 724 g/mol. The second kappa shape index (κ2) is 21.1. The highest BCUT2D eigenvalue weighted by Crippen LogP contribution is 2.22. The van der Waals surface area contributed by atoms with Gasteiger partial charge in [0.15, 0.2) is 5.96 Å². The highest BCUT2D eigenvalue weighted by Gasteiger charge is 2.38. The summed E-state index contributed by atoms with van der Waals surface area (Å²) in [5, 5.41) is 25.9. The van der Waals surface area contributed by atoms with Gasteiger partial charge >= 0.3 is 12.1 Å². The normalized spacial score (nSPS) is 17.6. The molecule has 5 amide bonds. The number of amides is 5. The monoisotopic (exact) mass is 776 g/mol. The molecule has 0 aliphatic carbocycles. The number of nitrogens with one attached hydrogen (secondary N) is 3. The first kappa shape index (κ1) is 42.7. The molecule has 2 fully saturated rings. The van der Waals surface area contributed by atoms with Crippen molar-refractivity contribution in [3.05, 3.63) is 60.2 Å². The molecule has 2 heterocycles. The third-order valence-corrected chi connectivity index (χ3v) is 9.32. The number of likely N-dealkylation sites (tertiary alicyclic amines) is 2. The predicted octanol–water partition coefficient (Wildman–Crippen LogP) is 2.46. The average Bonchev–Trinajstić information content (AvgIpc) is 3.88. The Morgan fingerprint density at radius 2 is 1.43 bits per heavy atom. The van der Waals surface area contributed by atoms with Crippen LogP contribution in [0.5, 0.6) is 0 Å². The van der Waals surface area contributed by atoms with Crippen LogP contribution < -0.4 is 27.4 Å². The third kappa shape index (κ3) is 13.1. The summed E-state index contributed by atoms with van der Waals surface area (Å²) in [7, 11) is 0. The van der Waals surface area contributed by atoms with Gasteiger partial charge in [-0.25, -0.2) is 9.59 Å². The van der Waals surface area contributed by atoms with Crippen LogP contribution in [-0.4, -0.2) is 107 Å². The molecule has 302 valence electrons. The number of carboxylic acids is 1. The average molecular weight is 777 g/mol. The van der Waals surface area contributed by atoms with Crippen molar-refractivity contribution in [3.8, 4) is 0 Å². The summed E-state index contributed by atoms with van der Waals surface area (Å²) in [4.78, 5) is 84.6. The lowest BCUT2D eigenvalue weighted by atomic mass is 10.0. The van der Waals surface area contributed by atoms with Crippen molar-refractivity contribution in [3.63, 3.8) is 0 Å². The molecule has 2 aliphatic rings. The molecular formula is C38H52N10O8. The molecule has 0 radical (unpaired) electrons. The largest absolute Gasteiger partial charge is 0.480 e. The Bertz CT molecular complexity index is 1730. The van der Waals surface area contributed by atoms with E-state index < -0.39 is 66.4 Å². The number of carboxylic acid groups (broad SMARTS) is 1. The summed E-state index contributed by atoms with van der Waals surface area (Å²) in [6.07, 6.45) is 1.79. The summed E-state index contributed by atoms with van der Waals surface area (Å²) >= 11 is 0. The fraction of sp³-hybridized carbons (Fsp3) is 0.500. The van der Waals surface area contributed by atoms with Gasteiger partial charge in [0.25, 0.3) is 0 Å². The van der Waals surface area contributed by atoms with E-state index in [-0.39, 0.29) is 44.4 Å². The molecule has 4 rings (SSSR count). The molecule has 0 aromatic heterocycles. The van der Waals surface area contributed by atoms with Gasteiger partial charge in [0.1, 0.15) is 30.8 Å². The van der Waals surface area contributed by atoms with Crippen molar-refractivity contribution in [2.24, 2.45) is 32.6 Å². The summed E-state index contributed by atoms with van der Waals surface area (Å²) in [6.45, 7) is 4.06. The van der Waals surface area contributed by atoms with E-state index in [4.69, 9.17) is 16.2 Å². The van der Waals surface area contributed by atoms with Crippen LogP contribution in [0.2, 0.25) is 0 Å². The molecule has 0 unspecified atom stereocenters. The van der Waals surface area contributed by atoms with E-state index in [2.05, 4.69) is 31.2 Å². The van der Waals surface area contributed by atoms with Gasteiger partial charge in [0.2, 0.25) is 23.6 Å². The van der Waals surface area contributed by atoms with Crippen molar-refractivity contribution >= 4 is 53.0 Å². The maximum Gasteiger partial charge on any atom is 0.410 e. The van der Waals surface area contributed by atoms with Crippen LogP contribution in [0, 0.1) is 5.92 Å². The SMILES string of the molecule is CC(C)C[C@@H](NC(=O)[C@H]1CCCN1C(=O)OCc1ccc(N=Nc2ccccc2)cc1)C(=O)NCC(=O)N1CCC[C@@H]1C(=O)N[C@H](CCCN=C(N)N)C(=O)O. The van der Waals surface area contributed by atoms with Gasteiger partial charge < -0.3 is 42.2 Å². The second-order valence-corrected chi connectivity index (χ2v) is 14.1. The van der Waals surface area contributed by atoms with E-state index in [1.165, 1.54) is 9.80 Å². The van der Waals surface area contributed by atoms with Crippen molar-refractivity contribution < 1.29 is 38.6 Å². The minimum Gasteiger partial charge on any atom is -0.480 e. The van der Waals surface area contributed by atoms with Gasteiger partial charge in [-0.15, -0.1) is 0 Å². The Labute approximate surface area is 325 Å². The highest BCUT2D eigenvalue weighted by molar-refractivity contribution is 5.95. The molecule has 18 heteroatoms. The summed E-state index contributed by atoms with van der Waals surface area (Å²) < 4.78 is 5.54. The zero-order valence-corrected chi connectivity index (χ0v) is 31.8. The number of aliphatic imine (C=N–C) groups is 1. The second-order valence-electron chi connectivity index (χ2n) is 14.1. The number of nitrogens with zero attached hydrogens (tertiary/aromatic N) is 5. The number of aliphatic carboxylic acids is 1. The lowest BCUT2D eigenvalue weighted by molar-refractivity contribution is -0.144. The lowest BCUT2D eigenvalue weighted by Gasteiger charge is -2.27. The summed E-state index contributed by atoms with van der Waals surface area (Å²) in [6, 6.07) is 12.4. The molecule has 18 nitrogen and oxygen atoms in total. The lowest BCUT2D eigenvalue weighted by Crippen LogP contribution is -2.55. The number of hydrogen-bond acceptors (Lipinski definition) is 10. The Balaban J connectivity index is 1.27. The first-order valence-corrected chi connectivity index (χ1v) is 18.8. The number of nitrogens with two attached hydrogens (primary N) is 2. The Morgan fingerprint density at radius 1 is 0.839 bits per heavy atom. The molecule has 0 bridgehead atoms. The third-order valence-electron chi connectivity index (χ3n) is 9.32. The van der Waals surface area contributed by atoms with Crippen molar-refractivity contribution in [2.45, 2.75) is 89.6 Å². The first-order valence-electron chi connectivity index (χ1n) is 18.8. The molecule has 2 aromatic carbocycles. The first-order chi connectivity index (χ1) is 26.8. The molecule has 2 aliphatic heterocycles. The van der Waals surface area contributed by atoms with Crippen molar-refractivity contribution in [2.75, 3.05) is 26.2 Å². The Hall–Kier alpha value is -6.07. The molecule has 2 saturated heterocycles. The number of rotatable bonds is 18. The zero-order valence-electron chi connectivity index (χ0n) is 31.8. The fourth-order valence-corrected chi connectivity index (χ4v) is 6.48. The van der Waals surface area contributed by atoms with E-state index in [9.17, 15) is 33.9 Å². The molecule has 0 saturated carbocycles. The number of carbonyl (C=O) groups is 6. The standard InChI is InChI=1S/C38H52N10O8/c1-24(2)21-29(33(50)42-22-32(49)47-19-7-12-30(47)34(51)43-28(36(53)54)11-6-18-41-37(39)40)44-35(52)31-13-8-20-48(31)38(55)56-23-25-14-16-27(17-15-25)46-45-26-9-4-3-5-10-26/h3-5,9-10,14-17,24,28-31H,6-8,11-13,18-23H2,1-2H3,(H,42,50)(H,43,51)(H,44,52)(H,53,54)(H4,39,40,41)/t28-,29-,30-,31-/m1/s1. The van der Waals surface area contributed by atoms with E-state index in [0.29, 0.717) is 44.3 Å². The molecule has 56 heavy (non-hydrogen) atoms. The number of ether oxygens (including phenoxy) is 1. The van der Waals surface area contributed by atoms with Crippen LogP contribution >= 0.6 is 0 Å².